The Balaban J connectivity index is 1.41. The minimum Gasteiger partial charge on any atom is -0.336 e. The number of hydrogen-bond donors (Lipinski definition) is 0. The molecule has 0 atom stereocenters. The van der Waals surface area contributed by atoms with Crippen molar-refractivity contribution in [3.8, 4) is 0 Å². The van der Waals surface area contributed by atoms with E-state index in [4.69, 9.17) is 16.6 Å². The molecule has 3 aromatic rings. The van der Waals surface area contributed by atoms with Gasteiger partial charge in [-0.25, -0.2) is 4.98 Å². The minimum atomic E-state index is -0.576. The van der Waals surface area contributed by atoms with Gasteiger partial charge in [0.25, 0.3) is 11.6 Å². The van der Waals surface area contributed by atoms with E-state index in [0.29, 0.717) is 32.7 Å². The lowest BCUT2D eigenvalue weighted by atomic mass is 10.1. The SMILES string of the molecule is Cn1c(CN2CCN(C(=O)c3ccc(Cl)c([N+](=O)[O-])c3)CC2)nc2ccccc21. The van der Waals surface area contributed by atoms with E-state index in [2.05, 4.69) is 9.47 Å². The van der Waals surface area contributed by atoms with Crippen LogP contribution in [0.25, 0.3) is 11.0 Å². The van der Waals surface area contributed by atoms with Crippen LogP contribution in [0.4, 0.5) is 5.69 Å². The van der Waals surface area contributed by atoms with Crippen molar-refractivity contribution in [2.45, 2.75) is 6.54 Å². The van der Waals surface area contributed by atoms with E-state index in [1.165, 1.54) is 18.2 Å². The van der Waals surface area contributed by atoms with Crippen LogP contribution in [0.3, 0.4) is 0 Å². The Morgan fingerprint density at radius 1 is 1.17 bits per heavy atom. The number of benzene rings is 2. The third-order valence-corrected chi connectivity index (χ3v) is 5.61. The minimum absolute atomic E-state index is 0.0267. The molecule has 0 radical (unpaired) electrons. The van der Waals surface area contributed by atoms with E-state index in [9.17, 15) is 14.9 Å². The number of halogens is 1. The number of aryl methyl sites for hydroxylation is 1. The summed E-state index contributed by atoms with van der Waals surface area (Å²) in [6.45, 7) is 3.24. The van der Waals surface area contributed by atoms with Gasteiger partial charge in [-0.05, 0) is 24.3 Å². The number of carbonyl (C=O) groups is 1. The summed E-state index contributed by atoms with van der Waals surface area (Å²) in [6, 6.07) is 12.2. The van der Waals surface area contributed by atoms with E-state index < -0.39 is 4.92 Å². The molecule has 0 aliphatic carbocycles. The number of nitrogens with zero attached hydrogens (tertiary/aromatic N) is 5. The van der Waals surface area contributed by atoms with Gasteiger partial charge in [-0.15, -0.1) is 0 Å². The summed E-state index contributed by atoms with van der Waals surface area (Å²) < 4.78 is 2.10. The number of carbonyl (C=O) groups excluding carboxylic acids is 1. The van der Waals surface area contributed by atoms with Crippen molar-refractivity contribution in [2.75, 3.05) is 26.2 Å². The number of para-hydroxylation sites is 2. The lowest BCUT2D eigenvalue weighted by Crippen LogP contribution is -2.48. The van der Waals surface area contributed by atoms with Gasteiger partial charge in [0, 0.05) is 44.9 Å². The molecule has 29 heavy (non-hydrogen) atoms. The zero-order valence-corrected chi connectivity index (χ0v) is 16.7. The van der Waals surface area contributed by atoms with Crippen molar-refractivity contribution < 1.29 is 9.72 Å². The van der Waals surface area contributed by atoms with Crippen LogP contribution in [-0.4, -0.2) is 56.4 Å². The smallest absolute Gasteiger partial charge is 0.288 e. The second-order valence-electron chi connectivity index (χ2n) is 7.07. The molecule has 8 nitrogen and oxygen atoms in total. The van der Waals surface area contributed by atoms with Gasteiger partial charge >= 0.3 is 0 Å². The van der Waals surface area contributed by atoms with Gasteiger partial charge in [-0.2, -0.15) is 0 Å². The van der Waals surface area contributed by atoms with Crippen molar-refractivity contribution in [3.05, 3.63) is 69.0 Å². The van der Waals surface area contributed by atoms with Crippen LogP contribution >= 0.6 is 11.6 Å². The molecule has 1 aliphatic heterocycles. The quantitative estimate of drug-likeness (QED) is 0.484. The van der Waals surface area contributed by atoms with E-state index >= 15 is 0 Å². The van der Waals surface area contributed by atoms with Crippen LogP contribution in [0.5, 0.6) is 0 Å². The molecule has 0 N–H and O–H groups in total. The Kier molecular flexibility index (Phi) is 5.21. The molecule has 0 saturated carbocycles. The summed E-state index contributed by atoms with van der Waals surface area (Å²) >= 11 is 5.84. The fourth-order valence-electron chi connectivity index (χ4n) is 3.61. The topological polar surface area (TPSA) is 84.5 Å². The Morgan fingerprint density at radius 2 is 1.90 bits per heavy atom. The van der Waals surface area contributed by atoms with Crippen LogP contribution in [0.2, 0.25) is 5.02 Å². The molecule has 1 aliphatic rings. The lowest BCUT2D eigenvalue weighted by molar-refractivity contribution is -0.384. The van der Waals surface area contributed by atoms with Gasteiger partial charge in [-0.1, -0.05) is 23.7 Å². The first kappa shape index (κ1) is 19.4. The van der Waals surface area contributed by atoms with Crippen LogP contribution < -0.4 is 0 Å². The molecule has 2 heterocycles. The normalized spacial score (nSPS) is 15.0. The highest BCUT2D eigenvalue weighted by atomic mass is 35.5. The molecule has 150 valence electrons. The second kappa shape index (κ2) is 7.81. The third kappa shape index (κ3) is 3.81. The number of imidazole rings is 1. The number of hydrogen-bond acceptors (Lipinski definition) is 5. The van der Waals surface area contributed by atoms with Gasteiger partial charge in [0.15, 0.2) is 0 Å². The number of rotatable bonds is 4. The first-order chi connectivity index (χ1) is 13.9. The van der Waals surface area contributed by atoms with E-state index in [1.807, 2.05) is 31.3 Å². The van der Waals surface area contributed by atoms with Crippen molar-refractivity contribution in [2.24, 2.45) is 7.05 Å². The number of nitro benzene ring substituents is 1. The van der Waals surface area contributed by atoms with Crippen LogP contribution in [0.15, 0.2) is 42.5 Å². The highest BCUT2D eigenvalue weighted by Crippen LogP contribution is 2.26. The zero-order chi connectivity index (χ0) is 20.5. The molecule has 9 heteroatoms. The monoisotopic (exact) mass is 413 g/mol. The maximum atomic E-state index is 12.7. The number of piperazine rings is 1. The number of aromatic nitrogens is 2. The molecule has 1 saturated heterocycles. The number of amides is 1. The number of fused-ring (bicyclic) bond motifs is 1. The van der Waals surface area contributed by atoms with Gasteiger partial charge < -0.3 is 9.47 Å². The van der Waals surface area contributed by atoms with Crippen molar-refractivity contribution >= 4 is 34.2 Å². The average molecular weight is 414 g/mol. The molecule has 1 fully saturated rings. The van der Waals surface area contributed by atoms with E-state index in [-0.39, 0.29) is 22.2 Å². The predicted molar refractivity (Wildman–Crippen MR) is 110 cm³/mol. The number of nitro groups is 1. The maximum Gasteiger partial charge on any atom is 0.288 e. The van der Waals surface area contributed by atoms with Crippen LogP contribution in [-0.2, 0) is 13.6 Å². The first-order valence-electron chi connectivity index (χ1n) is 9.30. The Bertz CT molecular complexity index is 1090. The summed E-state index contributed by atoms with van der Waals surface area (Å²) in [6.07, 6.45) is 0. The van der Waals surface area contributed by atoms with Crippen molar-refractivity contribution in [1.82, 2.24) is 19.4 Å². The molecule has 1 aromatic heterocycles. The summed E-state index contributed by atoms with van der Waals surface area (Å²) in [7, 11) is 2.01. The van der Waals surface area contributed by atoms with Gasteiger partial charge in [0.1, 0.15) is 10.8 Å². The Morgan fingerprint density at radius 3 is 2.59 bits per heavy atom. The van der Waals surface area contributed by atoms with Crippen molar-refractivity contribution in [1.29, 1.82) is 0 Å². The standard InChI is InChI=1S/C20H20ClN5O3/c1-23-17-5-3-2-4-16(17)22-19(23)13-24-8-10-25(11-9-24)20(27)14-6-7-15(21)18(12-14)26(28)29/h2-7,12H,8-11,13H2,1H3. The molecule has 0 unspecified atom stereocenters. The van der Waals surface area contributed by atoms with Gasteiger partial charge in [-0.3, -0.25) is 19.8 Å². The van der Waals surface area contributed by atoms with Gasteiger partial charge in [0.05, 0.1) is 22.5 Å². The first-order valence-corrected chi connectivity index (χ1v) is 9.68. The molecule has 0 bridgehead atoms. The fraction of sp³-hybridized carbons (Fsp3) is 0.300. The molecular weight excluding hydrogens is 394 g/mol. The molecule has 2 aromatic carbocycles. The second-order valence-corrected chi connectivity index (χ2v) is 7.47. The summed E-state index contributed by atoms with van der Waals surface area (Å²) in [5.41, 5.74) is 2.10. The molecule has 4 rings (SSSR count). The average Bonchev–Trinajstić information content (AvgIpc) is 3.04. The van der Waals surface area contributed by atoms with E-state index in [0.717, 1.165) is 16.9 Å². The highest BCUT2D eigenvalue weighted by molar-refractivity contribution is 6.32. The van der Waals surface area contributed by atoms with Gasteiger partial charge in [0.2, 0.25) is 0 Å². The summed E-state index contributed by atoms with van der Waals surface area (Å²) in [4.78, 5) is 31.9. The van der Waals surface area contributed by atoms with Crippen LogP contribution in [0, 0.1) is 10.1 Å². The molecule has 1 amide bonds. The Labute approximate surface area is 172 Å². The summed E-state index contributed by atoms with van der Waals surface area (Å²) in [5, 5.41) is 11.1. The lowest BCUT2D eigenvalue weighted by Gasteiger charge is -2.34. The fourth-order valence-corrected chi connectivity index (χ4v) is 3.80. The summed E-state index contributed by atoms with van der Waals surface area (Å²) in [5.74, 6) is 0.770. The molecule has 0 spiro atoms. The van der Waals surface area contributed by atoms with Crippen LogP contribution in [0.1, 0.15) is 16.2 Å². The largest absolute Gasteiger partial charge is 0.336 e. The predicted octanol–water partition coefficient (Wildman–Crippen LogP) is 3.09. The maximum absolute atomic E-state index is 12.7. The van der Waals surface area contributed by atoms with E-state index in [1.54, 1.807) is 4.90 Å². The Hall–Kier alpha value is -2.97. The zero-order valence-electron chi connectivity index (χ0n) is 15.9. The molecular formula is C20H20ClN5O3. The third-order valence-electron chi connectivity index (χ3n) is 5.29. The highest BCUT2D eigenvalue weighted by Gasteiger charge is 2.25. The van der Waals surface area contributed by atoms with Crippen molar-refractivity contribution in [3.63, 3.8) is 0 Å².